The number of anilines is 2. The van der Waals surface area contributed by atoms with Gasteiger partial charge in [0.25, 0.3) is 0 Å². The maximum Gasteiger partial charge on any atom is 0.324 e. The summed E-state index contributed by atoms with van der Waals surface area (Å²) < 4.78 is 13.4. The summed E-state index contributed by atoms with van der Waals surface area (Å²) in [5, 5.41) is 16.3. The van der Waals surface area contributed by atoms with Gasteiger partial charge in [-0.25, -0.2) is 4.98 Å². The van der Waals surface area contributed by atoms with Gasteiger partial charge in [0.15, 0.2) is 5.13 Å². The molecular formula is C53H45N5O6S. The minimum absolute atomic E-state index is 0.0414. The van der Waals surface area contributed by atoms with Crippen molar-refractivity contribution in [1.29, 1.82) is 0 Å². The second kappa shape index (κ2) is 17.8. The number of aliphatic hydroxyl groups excluding tert-OH is 1. The molecule has 0 bridgehead atoms. The van der Waals surface area contributed by atoms with Gasteiger partial charge in [-0.2, -0.15) is 0 Å². The molecule has 65 heavy (non-hydrogen) atoms. The van der Waals surface area contributed by atoms with Gasteiger partial charge in [-0.15, -0.1) is 0 Å². The number of thiazole rings is 1. The normalized spacial score (nSPS) is 22.2. The molecule has 0 unspecified atom stereocenters. The summed E-state index contributed by atoms with van der Waals surface area (Å²) in [5.41, 5.74) is 4.06. The number of hydrogen-bond donors (Lipinski definition) is 3. The molecule has 10 rings (SSSR count). The first-order chi connectivity index (χ1) is 31.8. The van der Waals surface area contributed by atoms with Crippen molar-refractivity contribution in [1.82, 2.24) is 14.8 Å². The van der Waals surface area contributed by atoms with Crippen LogP contribution in [0.15, 0.2) is 158 Å². The van der Waals surface area contributed by atoms with Crippen LogP contribution in [0, 0.1) is 17.8 Å². The summed E-state index contributed by atoms with van der Waals surface area (Å²) >= 11 is 1.32. The number of carbonyl (C=O) groups excluding carboxylic acids is 3. The fourth-order valence-corrected chi connectivity index (χ4v) is 10.8. The van der Waals surface area contributed by atoms with Crippen LogP contribution in [0.5, 0.6) is 5.75 Å². The molecule has 2 fully saturated rings. The van der Waals surface area contributed by atoms with Gasteiger partial charge in [-0.3, -0.25) is 24.2 Å². The second-order valence-corrected chi connectivity index (χ2v) is 17.6. The molecule has 2 saturated heterocycles. The zero-order chi connectivity index (χ0) is 44.5. The van der Waals surface area contributed by atoms with E-state index in [1.165, 1.54) is 16.9 Å². The van der Waals surface area contributed by atoms with Gasteiger partial charge in [-0.1, -0.05) is 138 Å². The van der Waals surface area contributed by atoms with E-state index in [2.05, 4.69) is 39.5 Å². The van der Waals surface area contributed by atoms with Crippen LogP contribution < -0.4 is 15.4 Å². The molecule has 3 aliphatic heterocycles. The Hall–Kier alpha value is -7.14. The number of carbonyl (C=O) groups is 3. The standard InChI is InChI=1S/C53H45N5O6S/c1-57(33-35-15-5-2-6-16-35)28-14-17-34-26-27-41-40(31-34)53(51(62)54-41)44(49(60)56-52-55-42-24-11-12-25-43(42)65-52)46-50(61)64-47(37-20-9-4-10-21-37)45(36-18-7-3-8-19-36)58(46)48(53)38-22-13-23-39(32-38)63-30-29-59/h2-13,15-16,18-27,31-32,44-48,59H,28-30,33H2,1H3,(H,54,62)(H,55,56,60)/t44-,45-,46-,47+,48+,53-/m1/s1. The minimum atomic E-state index is -1.74. The molecule has 1 aromatic heterocycles. The Labute approximate surface area is 380 Å². The van der Waals surface area contributed by atoms with Crippen LogP contribution >= 0.6 is 11.3 Å². The van der Waals surface area contributed by atoms with Crippen molar-refractivity contribution in [2.75, 3.05) is 37.4 Å². The predicted octanol–water partition coefficient (Wildman–Crippen LogP) is 8.06. The summed E-state index contributed by atoms with van der Waals surface area (Å²) in [6, 6.07) is 47.2. The van der Waals surface area contributed by atoms with E-state index in [9.17, 15) is 5.11 Å². The quantitative estimate of drug-likeness (QED) is 0.0872. The third-order valence-corrected chi connectivity index (χ3v) is 13.5. The van der Waals surface area contributed by atoms with Gasteiger partial charge in [0.2, 0.25) is 11.8 Å². The van der Waals surface area contributed by atoms with Crippen LogP contribution in [-0.2, 0) is 31.1 Å². The molecule has 2 amide bonds. The summed E-state index contributed by atoms with van der Waals surface area (Å²) in [5.74, 6) is 4.14. The van der Waals surface area contributed by atoms with Gasteiger partial charge in [-0.05, 0) is 77.3 Å². The van der Waals surface area contributed by atoms with E-state index in [1.54, 1.807) is 6.07 Å². The zero-order valence-electron chi connectivity index (χ0n) is 35.5. The zero-order valence-corrected chi connectivity index (χ0v) is 36.3. The molecule has 324 valence electrons. The van der Waals surface area contributed by atoms with Crippen molar-refractivity contribution in [2.24, 2.45) is 5.92 Å². The summed E-state index contributed by atoms with van der Waals surface area (Å²) in [7, 11) is 2.01. The number of nitrogens with one attached hydrogen (secondary N) is 2. The first-order valence-corrected chi connectivity index (χ1v) is 22.4. The number of esters is 1. The average Bonchev–Trinajstić information content (AvgIpc) is 3.98. The van der Waals surface area contributed by atoms with E-state index in [4.69, 9.17) is 14.5 Å². The lowest BCUT2D eigenvalue weighted by Gasteiger charge is -2.46. The molecule has 0 aliphatic carbocycles. The van der Waals surface area contributed by atoms with E-state index in [0.717, 1.165) is 22.4 Å². The van der Waals surface area contributed by atoms with E-state index in [1.807, 2.05) is 151 Å². The van der Waals surface area contributed by atoms with Crippen molar-refractivity contribution < 1.29 is 29.0 Å². The first kappa shape index (κ1) is 41.8. The van der Waals surface area contributed by atoms with E-state index in [0.29, 0.717) is 45.3 Å². The van der Waals surface area contributed by atoms with Gasteiger partial charge in [0, 0.05) is 17.8 Å². The highest BCUT2D eigenvalue weighted by atomic mass is 32.1. The highest BCUT2D eigenvalue weighted by Crippen LogP contribution is 2.65. The monoisotopic (exact) mass is 879 g/mol. The fourth-order valence-electron chi connectivity index (χ4n) is 9.95. The smallest absolute Gasteiger partial charge is 0.324 e. The molecule has 11 nitrogen and oxygen atoms in total. The van der Waals surface area contributed by atoms with Crippen molar-refractivity contribution in [3.05, 3.63) is 191 Å². The maximum atomic E-state index is 15.6. The molecule has 0 saturated carbocycles. The lowest BCUT2D eigenvalue weighted by Crippen LogP contribution is -2.53. The largest absolute Gasteiger partial charge is 0.491 e. The van der Waals surface area contributed by atoms with E-state index in [-0.39, 0.29) is 13.2 Å². The Kier molecular flexibility index (Phi) is 11.5. The Balaban J connectivity index is 1.18. The van der Waals surface area contributed by atoms with Crippen molar-refractivity contribution in [3.8, 4) is 17.6 Å². The SMILES string of the molecule is CN(CC#Cc1ccc2c(c1)[C@]1(C(=O)N2)[C@H](c2cccc(OCCO)c2)N2[C@H](c3ccccc3)[C@H](c3ccccc3)OC(=O)[C@H]2[C@@H]1C(=O)Nc1nc2ccccc2s1)Cc1ccccc1. The molecule has 0 radical (unpaired) electrons. The molecular weight excluding hydrogens is 835 g/mol. The van der Waals surface area contributed by atoms with Crippen LogP contribution in [0.1, 0.15) is 51.6 Å². The number of hydrogen-bond acceptors (Lipinski definition) is 10. The van der Waals surface area contributed by atoms with Gasteiger partial charge in [0.05, 0.1) is 41.4 Å². The van der Waals surface area contributed by atoms with Crippen LogP contribution in [-0.4, -0.2) is 70.5 Å². The third-order valence-electron chi connectivity index (χ3n) is 12.5. The lowest BCUT2D eigenvalue weighted by molar-refractivity contribution is -0.177. The molecule has 3 N–H and O–H groups in total. The predicted molar refractivity (Wildman–Crippen MR) is 250 cm³/mol. The molecule has 7 aromatic rings. The van der Waals surface area contributed by atoms with Crippen LogP contribution in [0.4, 0.5) is 10.8 Å². The van der Waals surface area contributed by atoms with Crippen LogP contribution in [0.2, 0.25) is 0 Å². The van der Waals surface area contributed by atoms with Crippen LogP contribution in [0.3, 0.4) is 0 Å². The number of ether oxygens (including phenoxy) is 2. The van der Waals surface area contributed by atoms with Crippen molar-refractivity contribution in [3.63, 3.8) is 0 Å². The number of aromatic nitrogens is 1. The number of aliphatic hydroxyl groups is 1. The second-order valence-electron chi connectivity index (χ2n) is 16.6. The number of nitrogens with zero attached hydrogens (tertiary/aromatic N) is 3. The Bertz CT molecular complexity index is 2920. The molecule has 6 atom stereocenters. The average molecular weight is 880 g/mol. The third kappa shape index (κ3) is 7.72. The Morgan fingerprint density at radius 2 is 1.57 bits per heavy atom. The summed E-state index contributed by atoms with van der Waals surface area (Å²) in [6.07, 6.45) is -0.823. The number of rotatable bonds is 11. The molecule has 4 heterocycles. The molecule has 1 spiro atoms. The van der Waals surface area contributed by atoms with E-state index < -0.39 is 53.3 Å². The van der Waals surface area contributed by atoms with Crippen molar-refractivity contribution in [2.45, 2.75) is 36.2 Å². The number of para-hydroxylation sites is 1. The number of fused-ring (bicyclic) bond motifs is 4. The van der Waals surface area contributed by atoms with Gasteiger partial charge in [0.1, 0.15) is 29.9 Å². The molecule has 6 aromatic carbocycles. The highest BCUT2D eigenvalue weighted by Gasteiger charge is 2.74. The lowest BCUT2D eigenvalue weighted by atomic mass is 9.65. The summed E-state index contributed by atoms with van der Waals surface area (Å²) in [4.78, 5) is 55.4. The van der Waals surface area contributed by atoms with Crippen molar-refractivity contribution >= 4 is 50.2 Å². The Morgan fingerprint density at radius 3 is 2.32 bits per heavy atom. The molecule has 12 heteroatoms. The highest BCUT2D eigenvalue weighted by molar-refractivity contribution is 7.22. The number of morpholine rings is 1. The van der Waals surface area contributed by atoms with Gasteiger partial charge >= 0.3 is 5.97 Å². The number of amides is 2. The Morgan fingerprint density at radius 1 is 0.862 bits per heavy atom. The topological polar surface area (TPSA) is 133 Å². The summed E-state index contributed by atoms with van der Waals surface area (Å²) in [6.45, 7) is 1.03. The van der Waals surface area contributed by atoms with E-state index >= 15 is 14.4 Å². The fraction of sp³-hybridized carbons (Fsp3) is 0.208. The first-order valence-electron chi connectivity index (χ1n) is 21.6. The minimum Gasteiger partial charge on any atom is -0.491 e. The van der Waals surface area contributed by atoms with Crippen LogP contribution in [0.25, 0.3) is 10.2 Å². The van der Waals surface area contributed by atoms with Gasteiger partial charge < -0.3 is 25.2 Å². The number of cyclic esters (lactones) is 1. The number of benzene rings is 6. The maximum absolute atomic E-state index is 15.6. The molecule has 3 aliphatic rings.